The number of amides is 2. The van der Waals surface area contributed by atoms with E-state index in [9.17, 15) is 9.59 Å². The number of hydrogen-bond acceptors (Lipinski definition) is 3. The average molecular weight is 352 g/mol. The van der Waals surface area contributed by atoms with Crippen molar-refractivity contribution in [2.75, 3.05) is 19.6 Å². The number of piperazine rings is 1. The van der Waals surface area contributed by atoms with Gasteiger partial charge in [-0.05, 0) is 38.0 Å². The fourth-order valence-corrected chi connectivity index (χ4v) is 3.15. The van der Waals surface area contributed by atoms with E-state index in [1.54, 1.807) is 0 Å². The van der Waals surface area contributed by atoms with Crippen LogP contribution in [-0.2, 0) is 9.59 Å². The molecule has 0 aliphatic carbocycles. The van der Waals surface area contributed by atoms with Crippen LogP contribution in [0.25, 0.3) is 0 Å². The molecular weight excluding hydrogens is 326 g/mol. The van der Waals surface area contributed by atoms with E-state index in [2.05, 4.69) is 10.6 Å². The van der Waals surface area contributed by atoms with Crippen LogP contribution in [0.15, 0.2) is 24.3 Å². The van der Waals surface area contributed by atoms with Crippen LogP contribution >= 0.6 is 11.6 Å². The Kier molecular flexibility index (Phi) is 7.06. The largest absolute Gasteiger partial charge is 0.354 e. The Morgan fingerprint density at radius 3 is 2.88 bits per heavy atom. The zero-order valence-corrected chi connectivity index (χ0v) is 15.1. The van der Waals surface area contributed by atoms with Crippen LogP contribution < -0.4 is 10.6 Å². The van der Waals surface area contributed by atoms with E-state index in [0.29, 0.717) is 30.8 Å². The lowest BCUT2D eigenvalue weighted by molar-refractivity contribution is -0.134. The summed E-state index contributed by atoms with van der Waals surface area (Å²) in [5, 5.41) is 6.86. The van der Waals surface area contributed by atoms with Crippen molar-refractivity contribution in [3.8, 4) is 0 Å². The first-order chi connectivity index (χ1) is 11.5. The highest BCUT2D eigenvalue weighted by Gasteiger charge is 2.27. The molecule has 2 rings (SSSR count). The number of halogens is 1. The minimum absolute atomic E-state index is 0.00417. The number of benzene rings is 1. The zero-order chi connectivity index (χ0) is 17.5. The van der Waals surface area contributed by atoms with Crippen molar-refractivity contribution in [3.05, 3.63) is 34.9 Å². The molecule has 1 aliphatic heterocycles. The van der Waals surface area contributed by atoms with Crippen LogP contribution in [0.4, 0.5) is 0 Å². The standard InChI is InChI=1S/C18H26ClN3O2/c1-13(2)21-17(23)7-4-8-18(24)22-10-9-20-12-16(22)14-5-3-6-15(19)11-14/h3,5-6,11,13,16,20H,4,7-10,12H2,1-2H3,(H,21,23). The maximum absolute atomic E-state index is 12.6. The predicted molar refractivity (Wildman–Crippen MR) is 95.9 cm³/mol. The normalized spacial score (nSPS) is 17.8. The van der Waals surface area contributed by atoms with E-state index >= 15 is 0 Å². The molecule has 132 valence electrons. The summed E-state index contributed by atoms with van der Waals surface area (Å²) in [7, 11) is 0. The van der Waals surface area contributed by atoms with Gasteiger partial charge in [-0.2, -0.15) is 0 Å². The molecule has 0 spiro atoms. The lowest BCUT2D eigenvalue weighted by Crippen LogP contribution is -2.48. The molecule has 2 amide bonds. The first kappa shape index (κ1) is 18.7. The van der Waals surface area contributed by atoms with E-state index in [1.807, 2.05) is 43.0 Å². The minimum Gasteiger partial charge on any atom is -0.354 e. The lowest BCUT2D eigenvalue weighted by atomic mass is 10.0. The van der Waals surface area contributed by atoms with E-state index in [-0.39, 0.29) is 23.9 Å². The Balaban J connectivity index is 1.92. The molecule has 1 saturated heterocycles. The summed E-state index contributed by atoms with van der Waals surface area (Å²) in [5.41, 5.74) is 1.04. The third-order valence-electron chi connectivity index (χ3n) is 4.04. The highest BCUT2D eigenvalue weighted by atomic mass is 35.5. The molecule has 1 unspecified atom stereocenters. The molecule has 0 radical (unpaired) electrons. The van der Waals surface area contributed by atoms with Crippen LogP contribution in [0.5, 0.6) is 0 Å². The molecule has 1 heterocycles. The van der Waals surface area contributed by atoms with Gasteiger partial charge in [0.15, 0.2) is 0 Å². The maximum Gasteiger partial charge on any atom is 0.223 e. The highest BCUT2D eigenvalue weighted by Crippen LogP contribution is 2.25. The first-order valence-corrected chi connectivity index (χ1v) is 8.90. The monoisotopic (exact) mass is 351 g/mol. The molecule has 5 nitrogen and oxygen atoms in total. The van der Waals surface area contributed by atoms with Crippen molar-refractivity contribution in [1.82, 2.24) is 15.5 Å². The summed E-state index contributed by atoms with van der Waals surface area (Å²) in [4.78, 5) is 26.2. The van der Waals surface area contributed by atoms with Gasteiger partial charge in [0.25, 0.3) is 0 Å². The molecule has 1 aliphatic rings. The van der Waals surface area contributed by atoms with Gasteiger partial charge < -0.3 is 15.5 Å². The van der Waals surface area contributed by atoms with Crippen LogP contribution in [-0.4, -0.2) is 42.4 Å². The summed E-state index contributed by atoms with van der Waals surface area (Å²) in [6.07, 6.45) is 1.35. The first-order valence-electron chi connectivity index (χ1n) is 8.52. The van der Waals surface area contributed by atoms with Crippen LogP contribution in [0.3, 0.4) is 0 Å². The van der Waals surface area contributed by atoms with E-state index in [0.717, 1.165) is 18.7 Å². The zero-order valence-electron chi connectivity index (χ0n) is 14.3. The number of hydrogen-bond donors (Lipinski definition) is 2. The molecule has 0 saturated carbocycles. The van der Waals surface area contributed by atoms with Crippen molar-refractivity contribution in [3.63, 3.8) is 0 Å². The summed E-state index contributed by atoms with van der Waals surface area (Å²) in [5.74, 6) is 0.100. The SMILES string of the molecule is CC(C)NC(=O)CCCC(=O)N1CCNCC1c1cccc(Cl)c1. The Morgan fingerprint density at radius 2 is 2.17 bits per heavy atom. The van der Waals surface area contributed by atoms with Crippen molar-refractivity contribution < 1.29 is 9.59 Å². The maximum atomic E-state index is 12.6. The van der Waals surface area contributed by atoms with Gasteiger partial charge in [-0.15, -0.1) is 0 Å². The number of carbonyl (C=O) groups excluding carboxylic acids is 2. The van der Waals surface area contributed by atoms with Gasteiger partial charge in [0.05, 0.1) is 6.04 Å². The van der Waals surface area contributed by atoms with Crippen molar-refractivity contribution in [2.24, 2.45) is 0 Å². The van der Waals surface area contributed by atoms with Gasteiger partial charge in [0, 0.05) is 43.5 Å². The minimum atomic E-state index is -0.00515. The molecule has 6 heteroatoms. The number of rotatable bonds is 6. The van der Waals surface area contributed by atoms with Gasteiger partial charge in [-0.1, -0.05) is 23.7 Å². The second-order valence-corrected chi connectivity index (χ2v) is 6.87. The molecule has 2 N–H and O–H groups in total. The smallest absolute Gasteiger partial charge is 0.223 e. The van der Waals surface area contributed by atoms with Crippen molar-refractivity contribution >= 4 is 23.4 Å². The molecule has 0 bridgehead atoms. The van der Waals surface area contributed by atoms with E-state index in [4.69, 9.17) is 11.6 Å². The number of nitrogens with one attached hydrogen (secondary N) is 2. The van der Waals surface area contributed by atoms with Crippen LogP contribution in [0.2, 0.25) is 5.02 Å². The molecule has 1 fully saturated rings. The molecule has 1 aromatic carbocycles. The Bertz CT molecular complexity index is 577. The van der Waals surface area contributed by atoms with Crippen molar-refractivity contribution in [2.45, 2.75) is 45.2 Å². The number of carbonyl (C=O) groups is 2. The summed E-state index contributed by atoms with van der Waals surface area (Å²) >= 11 is 6.08. The third kappa shape index (κ3) is 5.49. The fraction of sp³-hybridized carbons (Fsp3) is 0.556. The Morgan fingerprint density at radius 1 is 1.38 bits per heavy atom. The van der Waals surface area contributed by atoms with Crippen LogP contribution in [0.1, 0.15) is 44.7 Å². The summed E-state index contributed by atoms with van der Waals surface area (Å²) in [6, 6.07) is 7.78. The molecule has 1 aromatic rings. The summed E-state index contributed by atoms with van der Waals surface area (Å²) < 4.78 is 0. The van der Waals surface area contributed by atoms with Gasteiger partial charge >= 0.3 is 0 Å². The fourth-order valence-electron chi connectivity index (χ4n) is 2.95. The summed E-state index contributed by atoms with van der Waals surface area (Å²) in [6.45, 7) is 6.05. The Hall–Kier alpha value is -1.59. The molecule has 0 aromatic heterocycles. The molecule has 24 heavy (non-hydrogen) atoms. The van der Waals surface area contributed by atoms with Crippen LogP contribution in [0, 0.1) is 0 Å². The van der Waals surface area contributed by atoms with Gasteiger partial charge in [0.1, 0.15) is 0 Å². The lowest BCUT2D eigenvalue weighted by Gasteiger charge is -2.36. The molecule has 1 atom stereocenters. The second-order valence-electron chi connectivity index (χ2n) is 6.44. The molecular formula is C18H26ClN3O2. The van der Waals surface area contributed by atoms with E-state index < -0.39 is 0 Å². The van der Waals surface area contributed by atoms with Crippen molar-refractivity contribution in [1.29, 1.82) is 0 Å². The highest BCUT2D eigenvalue weighted by molar-refractivity contribution is 6.30. The Labute approximate surface area is 148 Å². The topological polar surface area (TPSA) is 61.4 Å². The predicted octanol–water partition coefficient (Wildman–Crippen LogP) is 2.51. The third-order valence-corrected chi connectivity index (χ3v) is 4.28. The second kappa shape index (κ2) is 9.04. The average Bonchev–Trinajstić information content (AvgIpc) is 2.54. The van der Waals surface area contributed by atoms with E-state index in [1.165, 1.54) is 0 Å². The number of nitrogens with zero attached hydrogens (tertiary/aromatic N) is 1. The quantitative estimate of drug-likeness (QED) is 0.827. The van der Waals surface area contributed by atoms with Gasteiger partial charge in [0.2, 0.25) is 11.8 Å². The van der Waals surface area contributed by atoms with Gasteiger partial charge in [-0.3, -0.25) is 9.59 Å². The van der Waals surface area contributed by atoms with Gasteiger partial charge in [-0.25, -0.2) is 0 Å².